The van der Waals surface area contributed by atoms with E-state index in [0.717, 1.165) is 0 Å². The summed E-state index contributed by atoms with van der Waals surface area (Å²) in [5, 5.41) is 8.63. The molecule has 0 aliphatic rings. The number of phenolic OH excluding ortho intramolecular Hbond substituents is 1. The summed E-state index contributed by atoms with van der Waals surface area (Å²) in [5.74, 6) is 0.576. The number of carbonyl (C=O) groups is 1. The summed E-state index contributed by atoms with van der Waals surface area (Å²) in [4.78, 5) is 9.81. The highest BCUT2D eigenvalue weighted by atomic mass is 35.5. The number of phenols is 1. The van der Waals surface area contributed by atoms with Crippen molar-refractivity contribution >= 4 is 17.4 Å². The van der Waals surface area contributed by atoms with Gasteiger partial charge in [0.1, 0.15) is 11.5 Å². The van der Waals surface area contributed by atoms with E-state index in [1.807, 2.05) is 13.0 Å². The van der Waals surface area contributed by atoms with Crippen molar-refractivity contribution < 1.29 is 9.90 Å². The average molecular weight is 217 g/mol. The van der Waals surface area contributed by atoms with E-state index in [9.17, 15) is 4.79 Å². The van der Waals surface area contributed by atoms with Crippen molar-refractivity contribution in [2.24, 2.45) is 0 Å². The molecule has 1 aromatic carbocycles. The fraction of sp³-hybridized carbons (Fsp3) is 0.364. The zero-order valence-corrected chi connectivity index (χ0v) is 9.58. The third-order valence-corrected chi connectivity index (χ3v) is 1.25. The largest absolute Gasteiger partial charge is 0.508 e. The predicted octanol–water partition coefficient (Wildman–Crippen LogP) is 3.23. The first-order chi connectivity index (χ1) is 6.66. The van der Waals surface area contributed by atoms with Crippen LogP contribution >= 0.6 is 11.6 Å². The van der Waals surface area contributed by atoms with Crippen molar-refractivity contribution in [3.8, 4) is 5.75 Å². The highest BCUT2D eigenvalue weighted by Crippen LogP contribution is 2.02. The van der Waals surface area contributed by atoms with Crippen LogP contribution in [0.1, 0.15) is 20.3 Å². The molecule has 0 aliphatic heterocycles. The lowest BCUT2D eigenvalue weighted by Gasteiger charge is -1.82. The van der Waals surface area contributed by atoms with E-state index >= 15 is 0 Å². The molecule has 0 aliphatic carbocycles. The van der Waals surface area contributed by atoms with Crippen molar-refractivity contribution in [2.45, 2.75) is 20.3 Å². The van der Waals surface area contributed by atoms with E-state index in [2.05, 4.69) is 11.6 Å². The number of rotatable bonds is 1. The van der Waals surface area contributed by atoms with E-state index in [1.165, 1.54) is 6.38 Å². The molecule has 2 nitrogen and oxygen atoms in total. The summed E-state index contributed by atoms with van der Waals surface area (Å²) in [6.07, 6.45) is 2.14. The lowest BCUT2D eigenvalue weighted by molar-refractivity contribution is -0.116. The Morgan fingerprint density at radius 3 is 1.79 bits per heavy atom. The molecule has 0 fully saturated rings. The average Bonchev–Trinajstić information content (AvgIpc) is 2.23. The van der Waals surface area contributed by atoms with E-state index in [0.29, 0.717) is 12.2 Å². The molecule has 1 N–H and O–H groups in total. The Kier molecular flexibility index (Phi) is 13.2. The van der Waals surface area contributed by atoms with Crippen LogP contribution in [-0.2, 0) is 4.79 Å². The Labute approximate surface area is 90.5 Å². The van der Waals surface area contributed by atoms with Crippen LogP contribution in [0.5, 0.6) is 5.75 Å². The lowest BCUT2D eigenvalue weighted by atomic mass is 10.3. The first-order valence-electron chi connectivity index (χ1n) is 4.28. The molecule has 0 heterocycles. The number of alkyl halides is 1. The molecule has 0 spiro atoms. The smallest absolute Gasteiger partial charge is 0.129 e. The zero-order chi connectivity index (χ0) is 11.4. The van der Waals surface area contributed by atoms with E-state index in [-0.39, 0.29) is 5.78 Å². The quantitative estimate of drug-likeness (QED) is 0.732. The number of Topliss-reactive ketones (excluding diaryl/α,β-unsaturated/α-hetero) is 1. The molecule has 1 aromatic rings. The second-order valence-corrected chi connectivity index (χ2v) is 2.39. The fourth-order valence-corrected chi connectivity index (χ4v) is 0.428. The maximum absolute atomic E-state index is 9.81. The molecule has 3 heteroatoms. The van der Waals surface area contributed by atoms with Gasteiger partial charge in [-0.2, -0.15) is 0 Å². The van der Waals surface area contributed by atoms with Crippen LogP contribution < -0.4 is 0 Å². The standard InChI is InChI=1S/C6H6O.C4H8O.CH3Cl/c7-6-4-2-1-3-5-6;1-3-4(2)5;1-2/h1-5,7H;3H2,1-2H3;1H3. The van der Waals surface area contributed by atoms with Gasteiger partial charge in [0, 0.05) is 12.8 Å². The molecular formula is C11H17ClO2. The topological polar surface area (TPSA) is 37.3 Å². The van der Waals surface area contributed by atoms with Gasteiger partial charge in [0.05, 0.1) is 0 Å². The van der Waals surface area contributed by atoms with E-state index in [1.54, 1.807) is 31.2 Å². The summed E-state index contributed by atoms with van der Waals surface area (Å²) in [6, 6.07) is 8.71. The van der Waals surface area contributed by atoms with Crippen molar-refractivity contribution in [1.82, 2.24) is 0 Å². The number of para-hydroxylation sites is 1. The third kappa shape index (κ3) is 13.6. The maximum Gasteiger partial charge on any atom is 0.129 e. The highest BCUT2D eigenvalue weighted by Gasteiger charge is 1.77. The molecule has 0 bridgehead atoms. The van der Waals surface area contributed by atoms with Crippen molar-refractivity contribution in [3.63, 3.8) is 0 Å². The van der Waals surface area contributed by atoms with E-state index < -0.39 is 0 Å². The molecule has 0 unspecified atom stereocenters. The number of aromatic hydroxyl groups is 1. The van der Waals surface area contributed by atoms with Crippen LogP contribution in [0.2, 0.25) is 0 Å². The molecule has 0 saturated heterocycles. The first kappa shape index (κ1) is 15.5. The highest BCUT2D eigenvalue weighted by molar-refractivity contribution is 6.15. The van der Waals surface area contributed by atoms with Gasteiger partial charge in [-0.05, 0) is 19.1 Å². The van der Waals surface area contributed by atoms with Gasteiger partial charge in [0.15, 0.2) is 0 Å². The molecule has 1 rings (SSSR count). The molecule has 0 saturated carbocycles. The van der Waals surface area contributed by atoms with Gasteiger partial charge in [-0.15, -0.1) is 11.6 Å². The number of hydrogen-bond acceptors (Lipinski definition) is 2. The predicted molar refractivity (Wildman–Crippen MR) is 60.9 cm³/mol. The Hall–Kier alpha value is -1.02. The Balaban J connectivity index is 0. The molecular weight excluding hydrogens is 200 g/mol. The summed E-state index contributed by atoms with van der Waals surface area (Å²) < 4.78 is 0. The molecule has 14 heavy (non-hydrogen) atoms. The van der Waals surface area contributed by atoms with Crippen molar-refractivity contribution in [2.75, 3.05) is 6.38 Å². The van der Waals surface area contributed by atoms with Gasteiger partial charge in [0.2, 0.25) is 0 Å². The molecule has 80 valence electrons. The van der Waals surface area contributed by atoms with Crippen LogP contribution in [0.15, 0.2) is 30.3 Å². The Morgan fingerprint density at radius 1 is 1.29 bits per heavy atom. The third-order valence-electron chi connectivity index (χ3n) is 1.25. The van der Waals surface area contributed by atoms with Gasteiger partial charge >= 0.3 is 0 Å². The summed E-state index contributed by atoms with van der Waals surface area (Å²) in [5.41, 5.74) is 0. The van der Waals surface area contributed by atoms with Gasteiger partial charge in [-0.3, -0.25) is 0 Å². The number of halogens is 1. The molecule has 0 atom stereocenters. The second kappa shape index (κ2) is 12.0. The lowest BCUT2D eigenvalue weighted by Crippen LogP contribution is -1.80. The Bertz CT molecular complexity index is 222. The second-order valence-electron chi connectivity index (χ2n) is 2.39. The minimum absolute atomic E-state index is 0.255. The number of hydrogen-bond donors (Lipinski definition) is 1. The molecule has 0 aromatic heterocycles. The summed E-state index contributed by atoms with van der Waals surface area (Å²) >= 11 is 4.64. The van der Waals surface area contributed by atoms with Crippen LogP contribution in [0.3, 0.4) is 0 Å². The number of carbonyl (C=O) groups excluding carboxylic acids is 1. The molecule has 0 radical (unpaired) electrons. The van der Waals surface area contributed by atoms with Gasteiger partial charge < -0.3 is 9.90 Å². The van der Waals surface area contributed by atoms with Crippen LogP contribution in [-0.4, -0.2) is 17.3 Å². The monoisotopic (exact) mass is 216 g/mol. The zero-order valence-electron chi connectivity index (χ0n) is 8.83. The number of ketones is 1. The molecule has 0 amide bonds. The van der Waals surface area contributed by atoms with Gasteiger partial charge in [-0.1, -0.05) is 25.1 Å². The minimum atomic E-state index is 0.255. The number of benzene rings is 1. The van der Waals surface area contributed by atoms with Gasteiger partial charge in [-0.25, -0.2) is 0 Å². The SMILES string of the molecule is CCC(C)=O.CCl.Oc1ccccc1. The fourth-order valence-electron chi connectivity index (χ4n) is 0.428. The van der Waals surface area contributed by atoms with Crippen molar-refractivity contribution in [3.05, 3.63) is 30.3 Å². The van der Waals surface area contributed by atoms with Crippen LogP contribution in [0, 0.1) is 0 Å². The van der Waals surface area contributed by atoms with Crippen LogP contribution in [0.25, 0.3) is 0 Å². The Morgan fingerprint density at radius 2 is 1.64 bits per heavy atom. The summed E-state index contributed by atoms with van der Waals surface area (Å²) in [7, 11) is 0. The summed E-state index contributed by atoms with van der Waals surface area (Å²) in [6.45, 7) is 3.43. The van der Waals surface area contributed by atoms with E-state index in [4.69, 9.17) is 5.11 Å². The first-order valence-corrected chi connectivity index (χ1v) is 5.03. The normalized spacial score (nSPS) is 7.43. The van der Waals surface area contributed by atoms with Crippen molar-refractivity contribution in [1.29, 1.82) is 0 Å². The van der Waals surface area contributed by atoms with Gasteiger partial charge in [0.25, 0.3) is 0 Å². The van der Waals surface area contributed by atoms with Crippen LogP contribution in [0.4, 0.5) is 0 Å². The maximum atomic E-state index is 9.81. The minimum Gasteiger partial charge on any atom is -0.508 e.